The number of guanidine groups is 1. The number of nitrogens with one attached hydrogen (secondary N) is 1. The van der Waals surface area contributed by atoms with Gasteiger partial charge >= 0.3 is 0 Å². The molecular formula is C21H30N4O3. The van der Waals surface area contributed by atoms with E-state index < -0.39 is 0 Å². The van der Waals surface area contributed by atoms with E-state index in [1.54, 1.807) is 14.2 Å². The van der Waals surface area contributed by atoms with Gasteiger partial charge in [0.15, 0.2) is 11.7 Å². The number of benzene rings is 1. The number of hydrogen-bond donors (Lipinski definition) is 1. The lowest BCUT2D eigenvalue weighted by Crippen LogP contribution is -2.40. The van der Waals surface area contributed by atoms with Crippen molar-refractivity contribution in [3.05, 3.63) is 41.3 Å². The largest absolute Gasteiger partial charge is 0.497 e. The number of aliphatic imine (C=N–C) groups is 1. The quantitative estimate of drug-likeness (QED) is 0.582. The van der Waals surface area contributed by atoms with Crippen LogP contribution >= 0.6 is 0 Å². The molecule has 0 spiro atoms. The van der Waals surface area contributed by atoms with E-state index in [-0.39, 0.29) is 0 Å². The molecule has 0 radical (unpaired) electrons. The van der Waals surface area contributed by atoms with Gasteiger partial charge in [0.1, 0.15) is 18.0 Å². The van der Waals surface area contributed by atoms with Gasteiger partial charge in [-0.1, -0.05) is 12.1 Å². The van der Waals surface area contributed by atoms with Gasteiger partial charge in [0.25, 0.3) is 0 Å². The smallest absolute Gasteiger partial charge is 0.194 e. The van der Waals surface area contributed by atoms with Crippen molar-refractivity contribution in [1.29, 1.82) is 0 Å². The van der Waals surface area contributed by atoms with Gasteiger partial charge in [-0.2, -0.15) is 0 Å². The molecule has 0 saturated carbocycles. The Bertz CT molecular complexity index is 780. The molecule has 28 heavy (non-hydrogen) atoms. The minimum absolute atomic E-state index is 0.407. The molecule has 1 fully saturated rings. The van der Waals surface area contributed by atoms with Crippen LogP contribution in [0.5, 0.6) is 11.5 Å². The first kappa shape index (κ1) is 20.0. The summed E-state index contributed by atoms with van der Waals surface area (Å²) < 4.78 is 16.2. The van der Waals surface area contributed by atoms with Gasteiger partial charge in [0.2, 0.25) is 0 Å². The molecule has 0 bridgehead atoms. The second kappa shape index (κ2) is 9.48. The van der Waals surface area contributed by atoms with Crippen LogP contribution in [0.1, 0.15) is 43.2 Å². The lowest BCUT2D eigenvalue weighted by Gasteiger charge is -2.22. The van der Waals surface area contributed by atoms with Crippen LogP contribution < -0.4 is 14.8 Å². The van der Waals surface area contributed by atoms with Gasteiger partial charge in [-0.25, -0.2) is 4.99 Å². The second-order valence-electron chi connectivity index (χ2n) is 6.89. The molecule has 1 N–H and O–H groups in total. The Hall–Kier alpha value is -2.70. The van der Waals surface area contributed by atoms with Crippen molar-refractivity contribution >= 4 is 5.96 Å². The number of hydrogen-bond acceptors (Lipinski definition) is 5. The fourth-order valence-electron chi connectivity index (χ4n) is 3.47. The van der Waals surface area contributed by atoms with E-state index in [0.29, 0.717) is 12.5 Å². The zero-order chi connectivity index (χ0) is 19.9. The number of aromatic nitrogens is 1. The van der Waals surface area contributed by atoms with E-state index >= 15 is 0 Å². The summed E-state index contributed by atoms with van der Waals surface area (Å²) in [5.74, 6) is 3.76. The summed E-state index contributed by atoms with van der Waals surface area (Å²) in [7, 11) is 3.37. The fraction of sp³-hybridized carbons (Fsp3) is 0.524. The zero-order valence-corrected chi connectivity index (χ0v) is 17.2. The molecule has 0 aliphatic carbocycles. The third-order valence-electron chi connectivity index (χ3n) is 5.02. The minimum atomic E-state index is 0.407. The summed E-state index contributed by atoms with van der Waals surface area (Å²) in [4.78, 5) is 7.06. The Morgan fingerprint density at radius 1 is 1.21 bits per heavy atom. The normalized spacial score (nSPS) is 17.1. The maximum atomic E-state index is 5.42. The van der Waals surface area contributed by atoms with E-state index in [9.17, 15) is 0 Å². The summed E-state index contributed by atoms with van der Waals surface area (Å²) in [6.45, 7) is 7.31. The topological polar surface area (TPSA) is 72.1 Å². The first-order valence-corrected chi connectivity index (χ1v) is 9.87. The van der Waals surface area contributed by atoms with Gasteiger partial charge in [0, 0.05) is 37.7 Å². The molecule has 2 heterocycles. The summed E-state index contributed by atoms with van der Waals surface area (Å²) in [5, 5.41) is 7.44. The molecule has 1 saturated heterocycles. The first-order chi connectivity index (χ1) is 13.7. The minimum Gasteiger partial charge on any atom is -0.497 e. The Labute approximate surface area is 166 Å². The Morgan fingerprint density at radius 3 is 2.57 bits per heavy atom. The average Bonchev–Trinajstić information content (AvgIpc) is 3.40. The zero-order valence-electron chi connectivity index (χ0n) is 17.2. The van der Waals surface area contributed by atoms with Crippen LogP contribution in [-0.4, -0.2) is 49.9 Å². The van der Waals surface area contributed by atoms with Crippen LogP contribution in [-0.2, 0) is 13.0 Å². The molecule has 1 atom stereocenters. The second-order valence-corrected chi connectivity index (χ2v) is 6.89. The number of rotatable bonds is 7. The molecular weight excluding hydrogens is 356 g/mol. The van der Waals surface area contributed by atoms with Crippen LogP contribution in [0.25, 0.3) is 0 Å². The Morgan fingerprint density at radius 2 is 1.96 bits per heavy atom. The maximum absolute atomic E-state index is 5.42. The molecule has 3 rings (SSSR count). The van der Waals surface area contributed by atoms with Crippen molar-refractivity contribution < 1.29 is 14.0 Å². The van der Waals surface area contributed by atoms with Gasteiger partial charge in [0.05, 0.1) is 19.9 Å². The lowest BCUT2D eigenvalue weighted by molar-refractivity contribution is 0.378. The van der Waals surface area contributed by atoms with Crippen molar-refractivity contribution in [1.82, 2.24) is 15.4 Å². The highest BCUT2D eigenvalue weighted by Crippen LogP contribution is 2.32. The molecule has 0 amide bonds. The Balaban J connectivity index is 1.71. The molecule has 1 aliphatic heterocycles. The summed E-state index contributed by atoms with van der Waals surface area (Å²) in [6, 6.07) is 8.08. The van der Waals surface area contributed by atoms with Crippen LogP contribution in [0.4, 0.5) is 0 Å². The predicted octanol–water partition coefficient (Wildman–Crippen LogP) is 3.21. The van der Waals surface area contributed by atoms with E-state index in [0.717, 1.165) is 61.4 Å². The third-order valence-corrected chi connectivity index (χ3v) is 5.02. The summed E-state index contributed by atoms with van der Waals surface area (Å²) in [6.07, 6.45) is 1.92. The molecule has 1 aromatic carbocycles. The number of aryl methyl sites for hydroxylation is 1. The van der Waals surface area contributed by atoms with E-state index in [2.05, 4.69) is 41.4 Å². The summed E-state index contributed by atoms with van der Waals surface area (Å²) in [5.41, 5.74) is 2.20. The van der Waals surface area contributed by atoms with Crippen molar-refractivity contribution in [3.8, 4) is 11.5 Å². The number of ether oxygens (including phenoxy) is 2. The van der Waals surface area contributed by atoms with Crippen LogP contribution in [0.15, 0.2) is 33.8 Å². The fourth-order valence-corrected chi connectivity index (χ4v) is 3.47. The molecule has 7 heteroatoms. The van der Waals surface area contributed by atoms with Crippen molar-refractivity contribution in [2.24, 2.45) is 4.99 Å². The highest BCUT2D eigenvalue weighted by atomic mass is 16.5. The van der Waals surface area contributed by atoms with Gasteiger partial charge in [-0.15, -0.1) is 0 Å². The highest BCUT2D eigenvalue weighted by Gasteiger charge is 2.27. The van der Waals surface area contributed by atoms with Gasteiger partial charge in [-0.05, 0) is 37.5 Å². The number of methoxy groups -OCH3 is 2. The van der Waals surface area contributed by atoms with E-state index in [1.807, 2.05) is 12.1 Å². The first-order valence-electron chi connectivity index (χ1n) is 9.87. The van der Waals surface area contributed by atoms with Gasteiger partial charge < -0.3 is 24.2 Å². The number of likely N-dealkylation sites (tertiary alicyclic amines) is 1. The van der Waals surface area contributed by atoms with Crippen molar-refractivity contribution in [2.45, 2.75) is 39.2 Å². The lowest BCUT2D eigenvalue weighted by atomic mass is 9.98. The van der Waals surface area contributed by atoms with Crippen molar-refractivity contribution in [3.63, 3.8) is 0 Å². The van der Waals surface area contributed by atoms with Crippen LogP contribution in [0.2, 0.25) is 0 Å². The van der Waals surface area contributed by atoms with Crippen LogP contribution in [0, 0.1) is 0 Å². The SMILES string of the molecule is CCNC(=NCc1cc(CC)no1)N1CCC(c2cc(OC)cc(OC)c2)C1. The highest BCUT2D eigenvalue weighted by molar-refractivity contribution is 5.80. The van der Waals surface area contributed by atoms with Gasteiger partial charge in [-0.3, -0.25) is 0 Å². The van der Waals surface area contributed by atoms with E-state index in [1.165, 1.54) is 5.56 Å². The molecule has 2 aromatic rings. The predicted molar refractivity (Wildman–Crippen MR) is 109 cm³/mol. The molecule has 152 valence electrons. The molecule has 7 nitrogen and oxygen atoms in total. The monoisotopic (exact) mass is 386 g/mol. The van der Waals surface area contributed by atoms with E-state index in [4.69, 9.17) is 19.0 Å². The van der Waals surface area contributed by atoms with Crippen LogP contribution in [0.3, 0.4) is 0 Å². The maximum Gasteiger partial charge on any atom is 0.194 e. The van der Waals surface area contributed by atoms with Crippen molar-refractivity contribution in [2.75, 3.05) is 33.9 Å². The Kier molecular flexibility index (Phi) is 6.79. The molecule has 1 aromatic heterocycles. The third kappa shape index (κ3) is 4.77. The summed E-state index contributed by atoms with van der Waals surface area (Å²) >= 11 is 0. The molecule has 1 aliphatic rings. The standard InChI is InChI=1S/C21H30N4O3/c1-5-17-11-20(28-24-17)13-23-21(22-6-2)25-8-7-15(14-25)16-9-18(26-3)12-19(10-16)27-4/h9-12,15H,5-8,13-14H2,1-4H3,(H,22,23). The number of nitrogens with zero attached hydrogens (tertiary/aromatic N) is 3. The average molecular weight is 386 g/mol. The molecule has 1 unspecified atom stereocenters.